The fourth-order valence-corrected chi connectivity index (χ4v) is 6.53. The van der Waals surface area contributed by atoms with Crippen LogP contribution in [0.25, 0.3) is 0 Å². The Kier molecular flexibility index (Phi) is 5.48. The lowest BCUT2D eigenvalue weighted by molar-refractivity contribution is 0.938. The van der Waals surface area contributed by atoms with Crippen molar-refractivity contribution in [3.05, 3.63) is 29.3 Å². The van der Waals surface area contributed by atoms with Gasteiger partial charge in [-0.15, -0.1) is 0 Å². The van der Waals surface area contributed by atoms with Crippen molar-refractivity contribution in [1.82, 2.24) is 0 Å². The highest BCUT2D eigenvalue weighted by Gasteiger charge is 2.40. The molecule has 18 heavy (non-hydrogen) atoms. The molecule has 0 aliphatic heterocycles. The van der Waals surface area contributed by atoms with E-state index in [9.17, 15) is 0 Å². The minimum Gasteiger partial charge on any atom is -0.160 e. The van der Waals surface area contributed by atoms with Gasteiger partial charge in [0, 0.05) is 0 Å². The summed E-state index contributed by atoms with van der Waals surface area (Å²) in [6, 6.07) is 7.05. The number of benzene rings is 1. The van der Waals surface area contributed by atoms with Crippen molar-refractivity contribution in [2.24, 2.45) is 0 Å². The fourth-order valence-electron chi connectivity index (χ4n) is 2.73. The molecule has 0 aromatic heterocycles. The van der Waals surface area contributed by atoms with Crippen molar-refractivity contribution in [3.63, 3.8) is 0 Å². The van der Waals surface area contributed by atoms with Gasteiger partial charge in [0.2, 0.25) is 0 Å². The lowest BCUT2D eigenvalue weighted by atomic mass is 10.1. The molecular weight excluding hydrogens is 256 g/mol. The Hall–Kier alpha value is -0.273. The van der Waals surface area contributed by atoms with Gasteiger partial charge in [0.25, 0.3) is 0 Å². The summed E-state index contributed by atoms with van der Waals surface area (Å²) >= 11 is 7.13. The lowest BCUT2D eigenvalue weighted by Crippen LogP contribution is -2.48. The van der Waals surface area contributed by atoms with Crippen LogP contribution in [0.5, 0.6) is 0 Å². The average molecular weight is 283 g/mol. The largest absolute Gasteiger partial charge is 0.191 e. The first kappa shape index (κ1) is 15.8. The zero-order valence-corrected chi connectivity index (χ0v) is 14.4. The predicted molar refractivity (Wildman–Crippen MR) is 86.6 cm³/mol. The van der Waals surface area contributed by atoms with E-state index in [4.69, 9.17) is 11.1 Å². The monoisotopic (exact) mass is 282 g/mol. The molecule has 2 heteroatoms. The van der Waals surface area contributed by atoms with Gasteiger partial charge in [-0.2, -0.15) is 11.1 Å². The van der Waals surface area contributed by atoms with Crippen LogP contribution in [0.1, 0.15) is 52.7 Å². The molecule has 0 bridgehead atoms. The molecule has 1 aromatic rings. The van der Waals surface area contributed by atoms with E-state index >= 15 is 0 Å². The van der Waals surface area contributed by atoms with E-state index in [0.717, 1.165) is 12.8 Å². The summed E-state index contributed by atoms with van der Waals surface area (Å²) in [5.74, 6) is 0. The van der Waals surface area contributed by atoms with Crippen LogP contribution in [-0.2, 0) is 12.8 Å². The van der Waals surface area contributed by atoms with E-state index in [1.165, 1.54) is 16.3 Å². The number of aryl methyl sites for hydroxylation is 2. The Morgan fingerprint density at radius 3 is 1.56 bits per heavy atom. The molecule has 0 heterocycles. The van der Waals surface area contributed by atoms with E-state index in [0.29, 0.717) is 11.1 Å². The lowest BCUT2D eigenvalue weighted by Gasteiger charge is -2.33. The van der Waals surface area contributed by atoms with Crippen LogP contribution in [-0.4, -0.2) is 7.38 Å². The molecule has 0 fully saturated rings. The van der Waals surface area contributed by atoms with Gasteiger partial charge in [0.1, 0.15) is 0 Å². The second kappa shape index (κ2) is 6.25. The van der Waals surface area contributed by atoms with Crippen LogP contribution in [0, 0.1) is 0 Å². The Morgan fingerprint density at radius 2 is 1.28 bits per heavy atom. The van der Waals surface area contributed by atoms with Crippen LogP contribution in [0.4, 0.5) is 0 Å². The minimum atomic E-state index is -1.90. The summed E-state index contributed by atoms with van der Waals surface area (Å²) in [5.41, 5.74) is 4.00. The molecule has 0 spiro atoms. The van der Waals surface area contributed by atoms with Crippen molar-refractivity contribution in [1.29, 1.82) is 0 Å². The van der Waals surface area contributed by atoms with E-state index in [1.807, 2.05) is 0 Å². The first-order valence-electron chi connectivity index (χ1n) is 7.18. The van der Waals surface area contributed by atoms with Crippen LogP contribution in [0.2, 0.25) is 11.1 Å². The van der Waals surface area contributed by atoms with E-state index in [1.54, 1.807) is 0 Å². The normalized spacial score (nSPS) is 12.5. The molecule has 0 unspecified atom stereocenters. The van der Waals surface area contributed by atoms with E-state index < -0.39 is 7.38 Å². The Bertz CT molecular complexity index is 366. The molecule has 1 aromatic carbocycles. The number of halogens is 1. The molecule has 0 atom stereocenters. The van der Waals surface area contributed by atoms with Crippen LogP contribution < -0.4 is 5.19 Å². The van der Waals surface area contributed by atoms with Gasteiger partial charge in [-0.25, -0.2) is 0 Å². The molecule has 1 rings (SSSR count). The third-order valence-electron chi connectivity index (χ3n) is 3.99. The Morgan fingerprint density at radius 1 is 0.889 bits per heavy atom. The number of hydrogen-bond acceptors (Lipinski definition) is 0. The van der Waals surface area contributed by atoms with Gasteiger partial charge in [0.15, 0.2) is 7.38 Å². The highest BCUT2D eigenvalue weighted by molar-refractivity contribution is 7.28. The van der Waals surface area contributed by atoms with Crippen LogP contribution in [0.3, 0.4) is 0 Å². The number of hydrogen-bond donors (Lipinski definition) is 0. The molecule has 0 radical (unpaired) electrons. The highest BCUT2D eigenvalue weighted by atomic mass is 35.6. The fraction of sp³-hybridized carbons (Fsp3) is 0.625. The van der Waals surface area contributed by atoms with Crippen molar-refractivity contribution in [3.8, 4) is 0 Å². The molecule has 0 saturated carbocycles. The highest BCUT2D eigenvalue weighted by Crippen LogP contribution is 2.35. The van der Waals surface area contributed by atoms with Gasteiger partial charge in [0.05, 0.1) is 0 Å². The van der Waals surface area contributed by atoms with E-state index in [2.05, 4.69) is 59.7 Å². The summed E-state index contributed by atoms with van der Waals surface area (Å²) in [5, 5.41) is 1.44. The quantitative estimate of drug-likeness (QED) is 0.525. The van der Waals surface area contributed by atoms with E-state index in [-0.39, 0.29) is 0 Å². The predicted octanol–water partition coefficient (Wildman–Crippen LogP) is 5.02. The zero-order valence-electron chi connectivity index (χ0n) is 12.7. The maximum Gasteiger partial charge on any atom is 0.191 e. The summed E-state index contributed by atoms with van der Waals surface area (Å²) < 4.78 is 0. The smallest absolute Gasteiger partial charge is 0.160 e. The molecule has 0 aliphatic rings. The standard InChI is InChI=1S/C16H27ClSi/c1-7-14-9-15(8-2)11-16(10-14)18(17,12(3)4)13(5)6/h9-13H,7-8H2,1-6H3. The zero-order chi connectivity index (χ0) is 13.9. The first-order valence-corrected chi connectivity index (χ1v) is 10.3. The molecule has 0 amide bonds. The summed E-state index contributed by atoms with van der Waals surface area (Å²) in [4.78, 5) is 0. The van der Waals surface area contributed by atoms with Crippen LogP contribution in [0.15, 0.2) is 18.2 Å². The molecule has 0 aliphatic carbocycles. The second-order valence-electron chi connectivity index (χ2n) is 5.82. The van der Waals surface area contributed by atoms with Crippen molar-refractivity contribution in [2.75, 3.05) is 0 Å². The molecule has 0 N–H and O–H groups in total. The van der Waals surface area contributed by atoms with Crippen molar-refractivity contribution in [2.45, 2.75) is 65.5 Å². The topological polar surface area (TPSA) is 0 Å². The third-order valence-corrected chi connectivity index (χ3v) is 11.8. The average Bonchev–Trinajstić information content (AvgIpc) is 2.36. The SMILES string of the molecule is CCc1cc(CC)cc([Si](Cl)(C(C)C)C(C)C)c1. The van der Waals surface area contributed by atoms with Crippen molar-refractivity contribution >= 4 is 23.6 Å². The first-order chi connectivity index (χ1) is 8.36. The van der Waals surface area contributed by atoms with Gasteiger partial charge in [-0.05, 0) is 40.2 Å². The van der Waals surface area contributed by atoms with Gasteiger partial charge in [-0.1, -0.05) is 59.7 Å². The van der Waals surface area contributed by atoms with Crippen LogP contribution >= 0.6 is 11.1 Å². The van der Waals surface area contributed by atoms with Gasteiger partial charge < -0.3 is 0 Å². The number of rotatable bonds is 5. The third kappa shape index (κ3) is 3.00. The van der Waals surface area contributed by atoms with Gasteiger partial charge in [-0.3, -0.25) is 0 Å². The Labute approximate surface area is 118 Å². The molecule has 0 saturated heterocycles. The maximum atomic E-state index is 7.13. The molecule has 0 nitrogen and oxygen atoms in total. The van der Waals surface area contributed by atoms with Gasteiger partial charge >= 0.3 is 0 Å². The summed E-state index contributed by atoms with van der Waals surface area (Å²) in [7, 11) is -1.90. The van der Waals surface area contributed by atoms with Crippen molar-refractivity contribution < 1.29 is 0 Å². The molecule has 102 valence electrons. The minimum absolute atomic E-state index is 0.566. The second-order valence-corrected chi connectivity index (χ2v) is 12.1. The summed E-state index contributed by atoms with van der Waals surface area (Å²) in [6.07, 6.45) is 2.19. The summed E-state index contributed by atoms with van der Waals surface area (Å²) in [6.45, 7) is 13.6. The maximum absolute atomic E-state index is 7.13. The Balaban J connectivity index is 3.36. The molecular formula is C16H27ClSi.